The maximum Gasteiger partial charge on any atom is 0.193 e. The van der Waals surface area contributed by atoms with Crippen molar-refractivity contribution in [1.82, 2.24) is 20.4 Å². The Morgan fingerprint density at radius 2 is 2.40 bits per heavy atom. The molecule has 0 atom stereocenters. The van der Waals surface area contributed by atoms with E-state index in [2.05, 4.69) is 20.4 Å². The van der Waals surface area contributed by atoms with Crippen molar-refractivity contribution in [2.75, 3.05) is 20.6 Å². The third-order valence-electron chi connectivity index (χ3n) is 2.57. The van der Waals surface area contributed by atoms with E-state index in [0.717, 1.165) is 29.6 Å². The molecule has 6 nitrogen and oxygen atoms in total. The lowest BCUT2D eigenvalue weighted by Gasteiger charge is -2.20. The molecule has 0 amide bonds. The summed E-state index contributed by atoms with van der Waals surface area (Å²) in [7, 11) is 3.73. The van der Waals surface area contributed by atoms with E-state index >= 15 is 0 Å². The Morgan fingerprint density at radius 3 is 3.00 bits per heavy atom. The van der Waals surface area contributed by atoms with Gasteiger partial charge in [0.1, 0.15) is 12.0 Å². The van der Waals surface area contributed by atoms with Crippen molar-refractivity contribution in [3.8, 4) is 0 Å². The number of nitrogens with zero attached hydrogens (tertiary/aromatic N) is 4. The first kappa shape index (κ1) is 16.9. The molecular formula is C12H18IN5OS. The van der Waals surface area contributed by atoms with Gasteiger partial charge >= 0.3 is 0 Å². The van der Waals surface area contributed by atoms with Crippen LogP contribution in [0.15, 0.2) is 33.4 Å². The van der Waals surface area contributed by atoms with Crippen molar-refractivity contribution in [2.24, 2.45) is 4.99 Å². The average Bonchev–Trinajstić information content (AvgIpc) is 3.07. The van der Waals surface area contributed by atoms with Crippen molar-refractivity contribution in [3.63, 3.8) is 0 Å². The van der Waals surface area contributed by atoms with Crippen molar-refractivity contribution < 1.29 is 4.52 Å². The average molecular weight is 407 g/mol. The van der Waals surface area contributed by atoms with E-state index in [0.29, 0.717) is 6.54 Å². The van der Waals surface area contributed by atoms with Crippen molar-refractivity contribution in [1.29, 1.82) is 0 Å². The van der Waals surface area contributed by atoms with Gasteiger partial charge in [-0.15, -0.1) is 35.3 Å². The lowest BCUT2D eigenvalue weighted by molar-refractivity contribution is 0.391. The Morgan fingerprint density at radius 1 is 1.55 bits per heavy atom. The molecule has 2 heterocycles. The molecular weight excluding hydrogens is 389 g/mol. The van der Waals surface area contributed by atoms with Crippen LogP contribution in [0.4, 0.5) is 0 Å². The van der Waals surface area contributed by atoms with Gasteiger partial charge in [0.2, 0.25) is 0 Å². The molecule has 0 spiro atoms. The van der Waals surface area contributed by atoms with Crippen LogP contribution in [-0.2, 0) is 13.0 Å². The highest BCUT2D eigenvalue weighted by Crippen LogP contribution is 2.04. The maximum absolute atomic E-state index is 4.82. The zero-order valence-corrected chi connectivity index (χ0v) is 14.6. The number of hydrogen-bond donors (Lipinski definition) is 1. The molecule has 2 rings (SSSR count). The summed E-state index contributed by atoms with van der Waals surface area (Å²) in [6.45, 7) is 1.47. The Balaban J connectivity index is 0.00000200. The number of nitrogens with one attached hydrogen (secondary N) is 1. The minimum atomic E-state index is 0. The van der Waals surface area contributed by atoms with Crippen LogP contribution in [0.5, 0.6) is 0 Å². The molecule has 0 saturated heterocycles. The molecule has 8 heteroatoms. The minimum absolute atomic E-state index is 0. The zero-order chi connectivity index (χ0) is 13.5. The summed E-state index contributed by atoms with van der Waals surface area (Å²) in [5, 5.41) is 10.3. The standard InChI is InChI=1S/C12H17N5OS.HI/c1-13-12(15-5-3-11-14-6-8-19-11)17(2)9-10-4-7-18-16-10;/h4,6-8H,3,5,9H2,1-2H3,(H,13,15);1H. The van der Waals surface area contributed by atoms with Crippen LogP contribution in [0, 0.1) is 0 Å². The lowest BCUT2D eigenvalue weighted by atomic mass is 10.4. The van der Waals surface area contributed by atoms with E-state index in [1.165, 1.54) is 0 Å². The molecule has 110 valence electrons. The van der Waals surface area contributed by atoms with Gasteiger partial charge < -0.3 is 14.7 Å². The first-order valence-electron chi connectivity index (χ1n) is 5.99. The Hall–Kier alpha value is -1.16. The molecule has 1 N–H and O–H groups in total. The van der Waals surface area contributed by atoms with Crippen molar-refractivity contribution in [2.45, 2.75) is 13.0 Å². The molecule has 2 aromatic heterocycles. The highest BCUT2D eigenvalue weighted by molar-refractivity contribution is 14.0. The fraction of sp³-hybridized carbons (Fsp3) is 0.417. The van der Waals surface area contributed by atoms with Crippen LogP contribution in [0.2, 0.25) is 0 Å². The lowest BCUT2D eigenvalue weighted by Crippen LogP contribution is -2.39. The molecule has 0 saturated carbocycles. The van der Waals surface area contributed by atoms with Gasteiger partial charge in [-0.3, -0.25) is 4.99 Å². The summed E-state index contributed by atoms with van der Waals surface area (Å²) in [6.07, 6.45) is 4.29. The monoisotopic (exact) mass is 407 g/mol. The zero-order valence-electron chi connectivity index (χ0n) is 11.4. The van der Waals surface area contributed by atoms with E-state index in [1.54, 1.807) is 24.6 Å². The summed E-state index contributed by atoms with van der Waals surface area (Å²) in [6, 6.07) is 1.85. The summed E-state index contributed by atoms with van der Waals surface area (Å²) in [4.78, 5) is 10.5. The number of thiazole rings is 1. The van der Waals surface area contributed by atoms with Gasteiger partial charge in [-0.1, -0.05) is 5.16 Å². The van der Waals surface area contributed by atoms with E-state index in [1.807, 2.05) is 29.6 Å². The second-order valence-corrected chi connectivity index (χ2v) is 4.98. The quantitative estimate of drug-likeness (QED) is 0.467. The molecule has 0 radical (unpaired) electrons. The predicted molar refractivity (Wildman–Crippen MR) is 90.6 cm³/mol. The topological polar surface area (TPSA) is 66.6 Å². The molecule has 20 heavy (non-hydrogen) atoms. The predicted octanol–water partition coefficient (Wildman–Crippen LogP) is 2.00. The van der Waals surface area contributed by atoms with Crippen LogP contribution in [0.3, 0.4) is 0 Å². The number of hydrogen-bond acceptors (Lipinski definition) is 5. The molecule has 0 bridgehead atoms. The largest absolute Gasteiger partial charge is 0.364 e. The Kier molecular flexibility index (Phi) is 7.52. The van der Waals surface area contributed by atoms with Gasteiger partial charge in [-0.05, 0) is 0 Å². The summed E-state index contributed by atoms with van der Waals surface area (Å²) < 4.78 is 4.82. The smallest absolute Gasteiger partial charge is 0.193 e. The highest BCUT2D eigenvalue weighted by atomic mass is 127. The fourth-order valence-electron chi connectivity index (χ4n) is 1.68. The number of halogens is 1. The van der Waals surface area contributed by atoms with Gasteiger partial charge in [0, 0.05) is 44.7 Å². The molecule has 0 fully saturated rings. The van der Waals surface area contributed by atoms with Crippen molar-refractivity contribution >= 4 is 41.3 Å². The maximum atomic E-state index is 4.82. The molecule has 0 aliphatic carbocycles. The summed E-state index contributed by atoms with van der Waals surface area (Å²) in [5.74, 6) is 0.833. The number of aromatic nitrogens is 2. The van der Waals surface area contributed by atoms with E-state index in [-0.39, 0.29) is 24.0 Å². The second-order valence-electron chi connectivity index (χ2n) is 4.00. The third-order valence-corrected chi connectivity index (χ3v) is 3.41. The third kappa shape index (κ3) is 5.08. The first-order valence-corrected chi connectivity index (χ1v) is 6.87. The van der Waals surface area contributed by atoms with Crippen LogP contribution in [0.1, 0.15) is 10.7 Å². The summed E-state index contributed by atoms with van der Waals surface area (Å²) >= 11 is 1.67. The normalized spacial score (nSPS) is 11.0. The SMILES string of the molecule is CN=C(NCCc1nccs1)N(C)Cc1ccon1.I. The summed E-state index contributed by atoms with van der Waals surface area (Å²) in [5.41, 5.74) is 0.880. The Bertz CT molecular complexity index is 500. The van der Waals surface area contributed by atoms with E-state index in [4.69, 9.17) is 4.52 Å². The van der Waals surface area contributed by atoms with Gasteiger partial charge in [0.25, 0.3) is 0 Å². The molecule has 0 aliphatic heterocycles. The van der Waals surface area contributed by atoms with Gasteiger partial charge in [0.15, 0.2) is 5.96 Å². The van der Waals surface area contributed by atoms with Crippen LogP contribution in [-0.4, -0.2) is 41.6 Å². The van der Waals surface area contributed by atoms with Crippen LogP contribution >= 0.6 is 35.3 Å². The van der Waals surface area contributed by atoms with E-state index in [9.17, 15) is 0 Å². The number of aliphatic imine (C=N–C) groups is 1. The molecule has 0 aliphatic rings. The number of guanidine groups is 1. The molecule has 2 aromatic rings. The molecule has 0 unspecified atom stereocenters. The van der Waals surface area contributed by atoms with Crippen LogP contribution in [0.25, 0.3) is 0 Å². The van der Waals surface area contributed by atoms with Gasteiger partial charge in [0.05, 0.1) is 11.6 Å². The fourth-order valence-corrected chi connectivity index (χ4v) is 2.30. The molecule has 0 aromatic carbocycles. The van der Waals surface area contributed by atoms with Crippen LogP contribution < -0.4 is 5.32 Å². The number of rotatable bonds is 5. The van der Waals surface area contributed by atoms with E-state index < -0.39 is 0 Å². The Labute approximate surface area is 139 Å². The minimum Gasteiger partial charge on any atom is -0.364 e. The second kappa shape index (κ2) is 8.90. The van der Waals surface area contributed by atoms with Gasteiger partial charge in [-0.2, -0.15) is 0 Å². The first-order chi connectivity index (χ1) is 9.29. The van der Waals surface area contributed by atoms with Crippen molar-refractivity contribution in [3.05, 3.63) is 34.6 Å². The highest BCUT2D eigenvalue weighted by Gasteiger charge is 2.08. The van der Waals surface area contributed by atoms with Gasteiger partial charge in [-0.25, -0.2) is 4.98 Å².